The summed E-state index contributed by atoms with van der Waals surface area (Å²) in [5.41, 5.74) is 4.78. The molecule has 1 aliphatic heterocycles. The van der Waals surface area contributed by atoms with Gasteiger partial charge in [-0.1, -0.05) is 36.4 Å². The van der Waals surface area contributed by atoms with Gasteiger partial charge in [0.25, 0.3) is 0 Å². The van der Waals surface area contributed by atoms with Crippen molar-refractivity contribution in [1.82, 2.24) is 4.98 Å². The maximum absolute atomic E-state index is 14.1. The van der Waals surface area contributed by atoms with E-state index in [1.54, 1.807) is 12.3 Å². The van der Waals surface area contributed by atoms with Crippen LogP contribution in [0.15, 0.2) is 85.1 Å². The molecule has 0 amide bonds. The lowest BCUT2D eigenvalue weighted by molar-refractivity contribution is -0.457. The van der Waals surface area contributed by atoms with E-state index < -0.39 is 0 Å². The van der Waals surface area contributed by atoms with Crippen LogP contribution < -0.4 is 0 Å². The third-order valence-corrected chi connectivity index (χ3v) is 4.14. The summed E-state index contributed by atoms with van der Waals surface area (Å²) in [6, 6.07) is 22.9. The van der Waals surface area contributed by atoms with Gasteiger partial charge in [-0.05, 0) is 36.4 Å². The Kier molecular flexibility index (Phi) is 3.75. The summed E-state index contributed by atoms with van der Waals surface area (Å²) in [7, 11) is 0. The van der Waals surface area contributed by atoms with Gasteiger partial charge in [-0.3, -0.25) is 0 Å². The van der Waals surface area contributed by atoms with Crippen molar-refractivity contribution >= 4 is 11.4 Å². The fourth-order valence-corrected chi connectivity index (χ4v) is 2.89. The van der Waals surface area contributed by atoms with Gasteiger partial charge in [0.05, 0.1) is 11.6 Å². The molecule has 0 atom stereocenters. The highest BCUT2D eigenvalue weighted by Crippen LogP contribution is 2.27. The summed E-state index contributed by atoms with van der Waals surface area (Å²) in [5.74, 6) is -0.183. The van der Waals surface area contributed by atoms with E-state index in [-0.39, 0.29) is 5.82 Å². The van der Waals surface area contributed by atoms with Crippen molar-refractivity contribution in [2.75, 3.05) is 0 Å². The zero-order valence-electron chi connectivity index (χ0n) is 13.1. The molecule has 3 aromatic rings. The van der Waals surface area contributed by atoms with Gasteiger partial charge >= 0.3 is 0 Å². The fraction of sp³-hybridized carbons (Fsp3) is 0.0476. The molecule has 0 bridgehead atoms. The predicted molar refractivity (Wildman–Crippen MR) is 93.1 cm³/mol. The van der Waals surface area contributed by atoms with E-state index in [1.807, 2.05) is 48.5 Å². The Morgan fingerprint density at radius 1 is 0.833 bits per heavy atom. The van der Waals surface area contributed by atoms with E-state index in [4.69, 9.17) is 0 Å². The summed E-state index contributed by atoms with van der Waals surface area (Å²) >= 11 is 0. The molecular weight excluding hydrogens is 299 g/mol. The number of rotatable bonds is 4. The molecule has 0 saturated heterocycles. The molecule has 0 unspecified atom stereocenters. The van der Waals surface area contributed by atoms with E-state index in [1.165, 1.54) is 6.07 Å². The van der Waals surface area contributed by atoms with Crippen LogP contribution in [-0.4, -0.2) is 15.3 Å². The van der Waals surface area contributed by atoms with Crippen LogP contribution in [0, 0.1) is 5.82 Å². The Morgan fingerprint density at radius 2 is 1.58 bits per heavy atom. The van der Waals surface area contributed by atoms with Gasteiger partial charge in [0, 0.05) is 11.8 Å². The molecule has 1 aliphatic rings. The number of nitrogens with zero attached hydrogens (tertiary/aromatic N) is 2. The first-order valence-electron chi connectivity index (χ1n) is 7.89. The first kappa shape index (κ1) is 14.5. The van der Waals surface area contributed by atoms with Gasteiger partial charge in [0.1, 0.15) is 11.5 Å². The van der Waals surface area contributed by atoms with Gasteiger partial charge in [-0.25, -0.2) is 9.37 Å². The summed E-state index contributed by atoms with van der Waals surface area (Å²) < 4.78 is 16.2. The molecule has 0 radical (unpaired) electrons. The Morgan fingerprint density at radius 3 is 2.33 bits per heavy atom. The largest absolute Gasteiger partial charge is 0.250 e. The van der Waals surface area contributed by atoms with Crippen LogP contribution >= 0.6 is 0 Å². The smallest absolute Gasteiger partial charge is 0.238 e. The number of benzene rings is 2. The fourth-order valence-electron chi connectivity index (χ4n) is 2.89. The molecule has 0 N–H and O–H groups in total. The van der Waals surface area contributed by atoms with Crippen molar-refractivity contribution in [3.05, 3.63) is 108 Å². The van der Waals surface area contributed by atoms with Gasteiger partial charge in [-0.2, -0.15) is 4.58 Å². The molecule has 116 valence electrons. The van der Waals surface area contributed by atoms with Crippen LogP contribution in [0.3, 0.4) is 0 Å². The first-order valence-corrected chi connectivity index (χ1v) is 7.89. The van der Waals surface area contributed by atoms with Crippen LogP contribution in [0.2, 0.25) is 0 Å². The second-order valence-corrected chi connectivity index (χ2v) is 5.67. The summed E-state index contributed by atoms with van der Waals surface area (Å²) in [6.07, 6.45) is 3.89. The molecule has 4 rings (SSSR count). The SMILES string of the molecule is Fc1ccccc1C[N+]1=C(c2ccccn2)C=C1c1ccccc1. The van der Waals surface area contributed by atoms with E-state index in [0.717, 1.165) is 22.7 Å². The molecule has 0 aliphatic carbocycles. The lowest BCUT2D eigenvalue weighted by Crippen LogP contribution is -2.29. The maximum Gasteiger partial charge on any atom is 0.238 e. The van der Waals surface area contributed by atoms with Crippen molar-refractivity contribution < 1.29 is 8.97 Å². The second kappa shape index (κ2) is 6.20. The maximum atomic E-state index is 14.1. The number of hydrogen-bond acceptors (Lipinski definition) is 1. The van der Waals surface area contributed by atoms with Gasteiger partial charge < -0.3 is 0 Å². The zero-order chi connectivity index (χ0) is 16.4. The molecule has 0 saturated carbocycles. The first-order chi connectivity index (χ1) is 11.8. The molecule has 0 fully saturated rings. The van der Waals surface area contributed by atoms with E-state index in [0.29, 0.717) is 12.1 Å². The molecule has 2 nitrogen and oxygen atoms in total. The minimum Gasteiger partial charge on any atom is -0.250 e. The third kappa shape index (κ3) is 2.65. The van der Waals surface area contributed by atoms with Gasteiger partial charge in [0.2, 0.25) is 11.4 Å². The average molecular weight is 315 g/mol. The topological polar surface area (TPSA) is 15.9 Å². The van der Waals surface area contributed by atoms with Gasteiger partial charge in [-0.15, -0.1) is 0 Å². The number of allylic oxidation sites excluding steroid dienone is 1. The van der Waals surface area contributed by atoms with Crippen molar-refractivity contribution in [3.63, 3.8) is 0 Å². The molecule has 2 aromatic carbocycles. The number of pyridine rings is 1. The number of aromatic nitrogens is 1. The molecular formula is C21H16FN2+. The predicted octanol–water partition coefficient (Wildman–Crippen LogP) is 4.28. The van der Waals surface area contributed by atoms with Crippen molar-refractivity contribution in [1.29, 1.82) is 0 Å². The van der Waals surface area contributed by atoms with Crippen LogP contribution in [0.5, 0.6) is 0 Å². The second-order valence-electron chi connectivity index (χ2n) is 5.67. The number of hydrogen-bond donors (Lipinski definition) is 0. The minimum atomic E-state index is -0.183. The van der Waals surface area contributed by atoms with Gasteiger partial charge in [0.15, 0.2) is 6.54 Å². The van der Waals surface area contributed by atoms with Crippen LogP contribution in [0.1, 0.15) is 16.8 Å². The quantitative estimate of drug-likeness (QED) is 0.656. The standard InChI is InChI=1S/C21H16FN2/c22-18-11-5-4-10-17(18)15-24-20(16-8-2-1-3-9-16)14-21(24)19-12-6-7-13-23-19/h1-14H,15H2/q+1. The van der Waals surface area contributed by atoms with Crippen LogP contribution in [-0.2, 0) is 6.54 Å². The molecule has 2 heterocycles. The average Bonchev–Trinajstić information content (AvgIpc) is 2.62. The Labute approximate surface area is 140 Å². The normalized spacial score (nSPS) is 13.5. The third-order valence-electron chi connectivity index (χ3n) is 4.14. The Bertz CT molecular complexity index is 928. The molecule has 24 heavy (non-hydrogen) atoms. The summed E-state index contributed by atoms with van der Waals surface area (Å²) in [4.78, 5) is 4.43. The molecule has 1 aromatic heterocycles. The lowest BCUT2D eigenvalue weighted by Gasteiger charge is -2.17. The highest BCUT2D eigenvalue weighted by molar-refractivity contribution is 6.12. The van der Waals surface area contributed by atoms with Crippen LogP contribution in [0.4, 0.5) is 4.39 Å². The van der Waals surface area contributed by atoms with Crippen molar-refractivity contribution in [3.8, 4) is 0 Å². The Hall–Kier alpha value is -3.07. The van der Waals surface area contributed by atoms with Crippen molar-refractivity contribution in [2.24, 2.45) is 0 Å². The van der Waals surface area contributed by atoms with Crippen LogP contribution in [0.25, 0.3) is 5.70 Å². The summed E-state index contributed by atoms with van der Waals surface area (Å²) in [5, 5.41) is 0. The summed E-state index contributed by atoms with van der Waals surface area (Å²) in [6.45, 7) is 0.485. The highest BCUT2D eigenvalue weighted by Gasteiger charge is 2.33. The highest BCUT2D eigenvalue weighted by atomic mass is 19.1. The van der Waals surface area contributed by atoms with E-state index >= 15 is 0 Å². The van der Waals surface area contributed by atoms with E-state index in [9.17, 15) is 4.39 Å². The molecule has 0 spiro atoms. The van der Waals surface area contributed by atoms with E-state index in [2.05, 4.69) is 27.8 Å². The minimum absolute atomic E-state index is 0.183. The zero-order valence-corrected chi connectivity index (χ0v) is 13.1. The molecule has 3 heteroatoms. The lowest BCUT2D eigenvalue weighted by atomic mass is 10.0. The monoisotopic (exact) mass is 315 g/mol. The number of halogens is 1. The van der Waals surface area contributed by atoms with Crippen molar-refractivity contribution in [2.45, 2.75) is 6.54 Å². The Balaban J connectivity index is 1.75.